The van der Waals surface area contributed by atoms with Gasteiger partial charge in [0.15, 0.2) is 12.8 Å². The first-order valence-electron chi connectivity index (χ1n) is 12.0. The summed E-state index contributed by atoms with van der Waals surface area (Å²) < 4.78 is 35.6. The molecule has 3 rings (SSSR count). The minimum Gasteiger partial charge on any atom is -0.618 e. The Morgan fingerprint density at radius 3 is 2.64 bits per heavy atom. The fourth-order valence-electron chi connectivity index (χ4n) is 3.63. The highest BCUT2D eigenvalue weighted by atomic mass is 35.5. The molecule has 2 amide bonds. The maximum Gasteiger partial charge on any atom is 0.349 e. The van der Waals surface area contributed by atoms with Gasteiger partial charge in [0, 0.05) is 47.6 Å². The SMILES string of the molecule is CCNC(=O)COc1ccc(Cl)cc1CNC(=O)Cc1c(C)ccn(NCC(F)(F)c2cccc[n+]2[O-])c1=O. The fourth-order valence-corrected chi connectivity index (χ4v) is 3.82. The molecule has 0 unspecified atom stereocenters. The average Bonchev–Trinajstić information content (AvgIpc) is 2.89. The number of halogens is 3. The number of carbonyl (C=O) groups is 2. The van der Waals surface area contributed by atoms with Crippen LogP contribution >= 0.6 is 11.6 Å². The van der Waals surface area contributed by atoms with E-state index < -0.39 is 29.6 Å². The summed E-state index contributed by atoms with van der Waals surface area (Å²) in [7, 11) is 0. The van der Waals surface area contributed by atoms with Gasteiger partial charge in [-0.3, -0.25) is 14.4 Å². The third-order valence-electron chi connectivity index (χ3n) is 5.67. The van der Waals surface area contributed by atoms with Crippen LogP contribution in [-0.2, 0) is 28.5 Å². The third-order valence-corrected chi connectivity index (χ3v) is 5.90. The van der Waals surface area contributed by atoms with E-state index in [1.165, 1.54) is 24.4 Å². The second kappa shape index (κ2) is 13.1. The highest BCUT2D eigenvalue weighted by molar-refractivity contribution is 6.30. The van der Waals surface area contributed by atoms with Gasteiger partial charge in [0.2, 0.25) is 5.91 Å². The molecule has 13 heteroatoms. The highest BCUT2D eigenvalue weighted by Crippen LogP contribution is 2.24. The van der Waals surface area contributed by atoms with Crippen molar-refractivity contribution < 1.29 is 27.8 Å². The molecule has 0 radical (unpaired) electrons. The lowest BCUT2D eigenvalue weighted by Crippen LogP contribution is -2.44. The van der Waals surface area contributed by atoms with Crippen molar-refractivity contribution in [3.63, 3.8) is 0 Å². The van der Waals surface area contributed by atoms with E-state index in [-0.39, 0.29) is 35.8 Å². The number of alkyl halides is 2. The van der Waals surface area contributed by atoms with E-state index in [4.69, 9.17) is 16.3 Å². The van der Waals surface area contributed by atoms with Crippen LogP contribution in [0.1, 0.15) is 29.3 Å². The summed E-state index contributed by atoms with van der Waals surface area (Å²) in [5.74, 6) is -4.03. The van der Waals surface area contributed by atoms with Crippen LogP contribution in [-0.4, -0.2) is 36.2 Å². The molecule has 0 atom stereocenters. The Kier molecular flexibility index (Phi) is 9.83. The number of likely N-dealkylation sites (N-methyl/N-ethyl adjacent to an activating group) is 1. The number of nitrogens with one attached hydrogen (secondary N) is 3. The average molecular weight is 564 g/mol. The Bertz CT molecular complexity index is 1400. The standard InChI is InChI=1S/C26H28ClF2N5O5/c1-3-30-24(36)15-39-21-8-7-19(27)12-18(21)14-31-23(35)13-20-17(2)9-11-33(25(20)37)32-16-26(28,29)22-6-4-5-10-34(22)38/h4-12,32H,3,13-16H2,1-2H3,(H,30,36)(H,31,35). The van der Waals surface area contributed by atoms with E-state index in [1.54, 1.807) is 32.0 Å². The zero-order chi connectivity index (χ0) is 28.6. The van der Waals surface area contributed by atoms with Gasteiger partial charge in [-0.2, -0.15) is 13.5 Å². The van der Waals surface area contributed by atoms with E-state index in [2.05, 4.69) is 16.1 Å². The largest absolute Gasteiger partial charge is 0.618 e. The molecular formula is C26H28ClF2N5O5. The molecule has 0 saturated carbocycles. The van der Waals surface area contributed by atoms with Gasteiger partial charge in [-0.1, -0.05) is 11.6 Å². The predicted octanol–water partition coefficient (Wildman–Crippen LogP) is 2.15. The van der Waals surface area contributed by atoms with Crippen molar-refractivity contribution in [2.45, 2.75) is 32.7 Å². The van der Waals surface area contributed by atoms with Gasteiger partial charge in [0.25, 0.3) is 17.2 Å². The normalized spacial score (nSPS) is 11.1. The zero-order valence-corrected chi connectivity index (χ0v) is 22.1. The van der Waals surface area contributed by atoms with Crippen LogP contribution in [0.15, 0.2) is 59.7 Å². The number of hydrogen-bond donors (Lipinski definition) is 3. The number of pyridine rings is 2. The van der Waals surface area contributed by atoms with E-state index in [0.29, 0.717) is 28.4 Å². The summed E-state index contributed by atoms with van der Waals surface area (Å²) in [6.45, 7) is 2.62. The number of aromatic nitrogens is 2. The predicted molar refractivity (Wildman–Crippen MR) is 140 cm³/mol. The van der Waals surface area contributed by atoms with Crippen LogP contribution in [0.5, 0.6) is 5.75 Å². The van der Waals surface area contributed by atoms with Crippen LogP contribution in [0.4, 0.5) is 8.78 Å². The number of rotatable bonds is 12. The number of carbonyl (C=O) groups excluding carboxylic acids is 2. The highest BCUT2D eigenvalue weighted by Gasteiger charge is 2.39. The van der Waals surface area contributed by atoms with Gasteiger partial charge < -0.3 is 26.0 Å². The van der Waals surface area contributed by atoms with Crippen molar-refractivity contribution in [1.82, 2.24) is 15.3 Å². The molecule has 2 heterocycles. The summed E-state index contributed by atoms with van der Waals surface area (Å²) >= 11 is 6.07. The molecule has 39 heavy (non-hydrogen) atoms. The summed E-state index contributed by atoms with van der Waals surface area (Å²) in [5.41, 5.74) is 1.99. The lowest BCUT2D eigenvalue weighted by Gasteiger charge is -2.18. The number of benzene rings is 1. The minimum absolute atomic E-state index is 0.000931. The molecule has 10 nitrogen and oxygen atoms in total. The maximum atomic E-state index is 14.6. The molecular weight excluding hydrogens is 536 g/mol. The van der Waals surface area contributed by atoms with Crippen LogP contribution in [0, 0.1) is 12.1 Å². The Balaban J connectivity index is 1.67. The van der Waals surface area contributed by atoms with Crippen molar-refractivity contribution in [2.24, 2.45) is 0 Å². The molecule has 0 spiro atoms. The Labute approximate surface area is 228 Å². The number of ether oxygens (including phenoxy) is 1. The Morgan fingerprint density at radius 1 is 1.15 bits per heavy atom. The zero-order valence-electron chi connectivity index (χ0n) is 21.3. The summed E-state index contributed by atoms with van der Waals surface area (Å²) in [4.78, 5) is 37.4. The molecule has 0 aliphatic heterocycles. The molecule has 3 N–H and O–H groups in total. The summed E-state index contributed by atoms with van der Waals surface area (Å²) in [5, 5.41) is 17.4. The van der Waals surface area contributed by atoms with E-state index >= 15 is 0 Å². The molecule has 0 saturated heterocycles. The van der Waals surface area contributed by atoms with Crippen molar-refractivity contribution in [1.29, 1.82) is 0 Å². The van der Waals surface area contributed by atoms with E-state index in [1.807, 2.05) is 0 Å². The van der Waals surface area contributed by atoms with Crippen molar-refractivity contribution >= 4 is 23.4 Å². The van der Waals surface area contributed by atoms with Crippen LogP contribution < -0.4 is 31.1 Å². The quantitative estimate of drug-likeness (QED) is 0.229. The first kappa shape index (κ1) is 29.4. The lowest BCUT2D eigenvalue weighted by molar-refractivity contribution is -0.624. The minimum atomic E-state index is -3.57. The van der Waals surface area contributed by atoms with Crippen molar-refractivity contribution in [3.05, 3.63) is 97.8 Å². The van der Waals surface area contributed by atoms with Crippen LogP contribution in [0.2, 0.25) is 5.02 Å². The first-order valence-corrected chi connectivity index (χ1v) is 12.4. The summed E-state index contributed by atoms with van der Waals surface area (Å²) in [6.07, 6.45) is 1.91. The molecule has 1 aromatic carbocycles. The number of aryl methyl sites for hydroxylation is 1. The molecule has 0 aliphatic rings. The molecule has 3 aromatic rings. The van der Waals surface area contributed by atoms with Crippen molar-refractivity contribution in [3.8, 4) is 5.75 Å². The fraction of sp³-hybridized carbons (Fsp3) is 0.308. The van der Waals surface area contributed by atoms with Gasteiger partial charge in [-0.25, -0.2) is 4.68 Å². The first-order chi connectivity index (χ1) is 18.5. The summed E-state index contributed by atoms with van der Waals surface area (Å²) in [6, 6.07) is 9.89. The topological polar surface area (TPSA) is 128 Å². The second-order valence-corrected chi connectivity index (χ2v) is 8.99. The molecule has 0 fully saturated rings. The number of hydrogen-bond acceptors (Lipinski definition) is 6. The number of amides is 2. The molecule has 0 bridgehead atoms. The monoisotopic (exact) mass is 563 g/mol. The van der Waals surface area contributed by atoms with E-state index in [9.17, 15) is 28.4 Å². The molecule has 208 valence electrons. The van der Waals surface area contributed by atoms with Gasteiger partial charge in [-0.05, 0) is 49.7 Å². The molecule has 0 aliphatic carbocycles. The van der Waals surface area contributed by atoms with E-state index in [0.717, 1.165) is 16.9 Å². The Hall–Kier alpha value is -4.19. The van der Waals surface area contributed by atoms with Crippen LogP contribution in [0.25, 0.3) is 0 Å². The third kappa shape index (κ3) is 7.90. The molecule has 2 aromatic heterocycles. The second-order valence-electron chi connectivity index (χ2n) is 8.55. The maximum absolute atomic E-state index is 14.6. The smallest absolute Gasteiger partial charge is 0.349 e. The number of nitrogens with zero attached hydrogens (tertiary/aromatic N) is 2. The van der Waals surface area contributed by atoms with Gasteiger partial charge in [0.05, 0.1) is 6.42 Å². The van der Waals surface area contributed by atoms with Gasteiger partial charge in [-0.15, -0.1) is 0 Å². The Morgan fingerprint density at radius 2 is 1.92 bits per heavy atom. The lowest BCUT2D eigenvalue weighted by atomic mass is 10.1. The van der Waals surface area contributed by atoms with Gasteiger partial charge >= 0.3 is 5.92 Å². The van der Waals surface area contributed by atoms with Crippen molar-refractivity contribution in [2.75, 3.05) is 25.1 Å². The van der Waals surface area contributed by atoms with Crippen LogP contribution in [0.3, 0.4) is 0 Å². The van der Waals surface area contributed by atoms with Gasteiger partial charge in [0.1, 0.15) is 12.3 Å².